The maximum atomic E-state index is 12.2. The van der Waals surface area contributed by atoms with Crippen molar-refractivity contribution in [1.82, 2.24) is 0 Å². The monoisotopic (exact) mass is 331 g/mol. The zero-order chi connectivity index (χ0) is 17.9. The molecule has 0 aliphatic carbocycles. The van der Waals surface area contributed by atoms with Crippen LogP contribution in [0.25, 0.3) is 0 Å². The number of nitrogen functional groups attached to an aromatic ring is 1. The maximum Gasteiger partial charge on any atom is 0.343 e. The first-order valence-electron chi connectivity index (χ1n) is 8.20. The second-order valence-electron chi connectivity index (χ2n) is 6.53. The van der Waals surface area contributed by atoms with Gasteiger partial charge in [0.05, 0.1) is 5.56 Å². The van der Waals surface area contributed by atoms with Crippen molar-refractivity contribution in [2.24, 2.45) is 0 Å². The minimum atomic E-state index is -0.393. The van der Waals surface area contributed by atoms with Crippen LogP contribution < -0.4 is 10.5 Å². The predicted molar refractivity (Wildman–Crippen MR) is 101 cm³/mol. The summed E-state index contributed by atoms with van der Waals surface area (Å²) in [6, 6.07) is 24.7. The summed E-state index contributed by atoms with van der Waals surface area (Å²) in [6.45, 7) is 4.36. The van der Waals surface area contributed by atoms with Crippen molar-refractivity contribution in [3.05, 3.63) is 95.6 Å². The summed E-state index contributed by atoms with van der Waals surface area (Å²) < 4.78 is 5.43. The van der Waals surface area contributed by atoms with Crippen molar-refractivity contribution in [1.29, 1.82) is 0 Å². The lowest BCUT2D eigenvalue weighted by molar-refractivity contribution is 0.0735. The Bertz CT molecular complexity index is 851. The largest absolute Gasteiger partial charge is 0.423 e. The fraction of sp³-hybridized carbons (Fsp3) is 0.136. The van der Waals surface area contributed by atoms with Crippen LogP contribution in [0.3, 0.4) is 0 Å². The molecule has 3 aromatic rings. The second kappa shape index (κ2) is 6.81. The van der Waals surface area contributed by atoms with E-state index in [2.05, 4.69) is 26.0 Å². The van der Waals surface area contributed by atoms with Crippen LogP contribution in [-0.4, -0.2) is 5.97 Å². The molecule has 25 heavy (non-hydrogen) atoms. The van der Waals surface area contributed by atoms with Gasteiger partial charge in [-0.3, -0.25) is 0 Å². The molecule has 0 saturated heterocycles. The molecular weight excluding hydrogens is 310 g/mol. The van der Waals surface area contributed by atoms with E-state index in [0.29, 0.717) is 17.0 Å². The Kier molecular flexibility index (Phi) is 4.57. The predicted octanol–water partition coefficient (Wildman–Crippen LogP) is 4.81. The number of anilines is 1. The van der Waals surface area contributed by atoms with Gasteiger partial charge in [0, 0.05) is 11.1 Å². The Balaban J connectivity index is 1.76. The molecule has 0 bridgehead atoms. The molecule has 2 N–H and O–H groups in total. The van der Waals surface area contributed by atoms with Gasteiger partial charge in [0.25, 0.3) is 0 Å². The Morgan fingerprint density at radius 2 is 1.36 bits per heavy atom. The van der Waals surface area contributed by atoms with Crippen LogP contribution in [0.15, 0.2) is 78.9 Å². The molecule has 126 valence electrons. The van der Waals surface area contributed by atoms with E-state index in [4.69, 9.17) is 10.5 Å². The van der Waals surface area contributed by atoms with Gasteiger partial charge < -0.3 is 10.5 Å². The second-order valence-corrected chi connectivity index (χ2v) is 6.53. The molecular formula is C22H21NO2. The van der Waals surface area contributed by atoms with Crippen molar-refractivity contribution in [2.75, 3.05) is 5.73 Å². The minimum absolute atomic E-state index is 0.124. The van der Waals surface area contributed by atoms with E-state index in [1.807, 2.05) is 42.5 Å². The van der Waals surface area contributed by atoms with E-state index in [9.17, 15) is 4.79 Å². The summed E-state index contributed by atoms with van der Waals surface area (Å²) in [5.41, 5.74) is 8.99. The summed E-state index contributed by atoms with van der Waals surface area (Å²) >= 11 is 0. The number of esters is 1. The molecule has 0 fully saturated rings. The Labute approximate surface area is 148 Å². The highest BCUT2D eigenvalue weighted by atomic mass is 16.5. The van der Waals surface area contributed by atoms with Gasteiger partial charge in [-0.15, -0.1) is 0 Å². The summed E-state index contributed by atoms with van der Waals surface area (Å²) in [5, 5.41) is 0. The molecule has 3 rings (SSSR count). The Morgan fingerprint density at radius 1 is 0.800 bits per heavy atom. The highest BCUT2D eigenvalue weighted by Gasteiger charge is 2.22. The van der Waals surface area contributed by atoms with E-state index in [1.54, 1.807) is 24.3 Å². The zero-order valence-corrected chi connectivity index (χ0v) is 14.4. The van der Waals surface area contributed by atoms with Crippen molar-refractivity contribution < 1.29 is 9.53 Å². The van der Waals surface area contributed by atoms with E-state index in [-0.39, 0.29) is 5.41 Å². The SMILES string of the molecule is CC(C)(c1ccccc1)c1ccc(OC(=O)c2ccc(N)cc2)cc1. The van der Waals surface area contributed by atoms with Crippen LogP contribution >= 0.6 is 0 Å². The molecule has 0 atom stereocenters. The normalized spacial score (nSPS) is 11.1. The van der Waals surface area contributed by atoms with E-state index in [1.165, 1.54) is 5.56 Å². The average Bonchev–Trinajstić information content (AvgIpc) is 2.63. The number of benzene rings is 3. The molecule has 3 nitrogen and oxygen atoms in total. The summed E-state index contributed by atoms with van der Waals surface area (Å²) in [5.74, 6) is 0.129. The first kappa shape index (κ1) is 16.8. The molecule has 0 amide bonds. The number of nitrogens with two attached hydrogens (primary N) is 1. The number of hydrogen-bond donors (Lipinski definition) is 1. The summed E-state index contributed by atoms with van der Waals surface area (Å²) in [6.07, 6.45) is 0. The van der Waals surface area contributed by atoms with Crippen LogP contribution in [0.2, 0.25) is 0 Å². The molecule has 0 radical (unpaired) electrons. The molecule has 0 aromatic heterocycles. The van der Waals surface area contributed by atoms with Gasteiger partial charge >= 0.3 is 5.97 Å². The molecule has 0 aliphatic heterocycles. The van der Waals surface area contributed by atoms with Crippen LogP contribution in [-0.2, 0) is 5.41 Å². The minimum Gasteiger partial charge on any atom is -0.423 e. The molecule has 3 aromatic carbocycles. The van der Waals surface area contributed by atoms with E-state index in [0.717, 1.165) is 5.56 Å². The standard InChI is InChI=1S/C22H21NO2/c1-22(2,17-6-4-3-5-7-17)18-10-14-20(15-11-18)25-21(24)16-8-12-19(23)13-9-16/h3-15H,23H2,1-2H3. The maximum absolute atomic E-state index is 12.2. The Morgan fingerprint density at radius 3 is 1.96 bits per heavy atom. The first-order chi connectivity index (χ1) is 12.0. The first-order valence-corrected chi connectivity index (χ1v) is 8.20. The van der Waals surface area contributed by atoms with Crippen LogP contribution in [0.4, 0.5) is 5.69 Å². The lowest BCUT2D eigenvalue weighted by Gasteiger charge is -2.26. The number of carbonyl (C=O) groups excluding carboxylic acids is 1. The average molecular weight is 331 g/mol. The summed E-state index contributed by atoms with van der Waals surface area (Å²) in [4.78, 5) is 12.2. The van der Waals surface area contributed by atoms with Crippen molar-refractivity contribution >= 4 is 11.7 Å². The van der Waals surface area contributed by atoms with Crippen LogP contribution in [0, 0.1) is 0 Å². The number of hydrogen-bond acceptors (Lipinski definition) is 3. The topological polar surface area (TPSA) is 52.3 Å². The summed E-state index contributed by atoms with van der Waals surface area (Å²) in [7, 11) is 0. The lowest BCUT2D eigenvalue weighted by Crippen LogP contribution is -2.18. The number of ether oxygens (including phenoxy) is 1. The van der Waals surface area contributed by atoms with Crippen molar-refractivity contribution in [2.45, 2.75) is 19.3 Å². The molecule has 0 unspecified atom stereocenters. The van der Waals surface area contributed by atoms with E-state index < -0.39 is 5.97 Å². The smallest absolute Gasteiger partial charge is 0.343 e. The fourth-order valence-electron chi connectivity index (χ4n) is 2.75. The van der Waals surface area contributed by atoms with Crippen LogP contribution in [0.1, 0.15) is 35.3 Å². The van der Waals surface area contributed by atoms with Gasteiger partial charge in [0.15, 0.2) is 0 Å². The van der Waals surface area contributed by atoms with E-state index >= 15 is 0 Å². The van der Waals surface area contributed by atoms with Gasteiger partial charge in [0.2, 0.25) is 0 Å². The third-order valence-electron chi connectivity index (χ3n) is 4.43. The fourth-order valence-corrected chi connectivity index (χ4v) is 2.75. The highest BCUT2D eigenvalue weighted by molar-refractivity contribution is 5.91. The van der Waals surface area contributed by atoms with Gasteiger partial charge in [-0.05, 0) is 47.5 Å². The van der Waals surface area contributed by atoms with Gasteiger partial charge in [0.1, 0.15) is 5.75 Å². The third kappa shape index (κ3) is 3.72. The molecule has 0 spiro atoms. The van der Waals surface area contributed by atoms with Gasteiger partial charge in [-0.25, -0.2) is 4.79 Å². The van der Waals surface area contributed by atoms with Crippen molar-refractivity contribution in [3.63, 3.8) is 0 Å². The highest BCUT2D eigenvalue weighted by Crippen LogP contribution is 2.32. The molecule has 0 saturated carbocycles. The molecule has 0 heterocycles. The number of carbonyl (C=O) groups is 1. The van der Waals surface area contributed by atoms with Crippen molar-refractivity contribution in [3.8, 4) is 5.75 Å². The molecule has 3 heteroatoms. The van der Waals surface area contributed by atoms with Crippen LogP contribution in [0.5, 0.6) is 5.75 Å². The van der Waals surface area contributed by atoms with Gasteiger partial charge in [-0.2, -0.15) is 0 Å². The third-order valence-corrected chi connectivity index (χ3v) is 4.43. The quantitative estimate of drug-likeness (QED) is 0.424. The molecule has 0 aliphatic rings. The lowest BCUT2D eigenvalue weighted by atomic mass is 9.78. The zero-order valence-electron chi connectivity index (χ0n) is 14.4. The van der Waals surface area contributed by atoms with Gasteiger partial charge in [-0.1, -0.05) is 56.3 Å². The Hall–Kier alpha value is -3.07. The number of rotatable bonds is 4.